The lowest BCUT2D eigenvalue weighted by molar-refractivity contribution is 0.173. The van der Waals surface area contributed by atoms with Crippen molar-refractivity contribution in [1.82, 2.24) is 10.2 Å². The Bertz CT molecular complexity index is 465. The van der Waals surface area contributed by atoms with Gasteiger partial charge in [-0.2, -0.15) is 5.10 Å². The summed E-state index contributed by atoms with van der Waals surface area (Å²) in [5.74, 6) is 0.418. The van der Waals surface area contributed by atoms with E-state index in [0.717, 1.165) is 24.1 Å². The second kappa shape index (κ2) is 5.99. The summed E-state index contributed by atoms with van der Waals surface area (Å²) in [6.45, 7) is 3.77. The van der Waals surface area contributed by atoms with Crippen molar-refractivity contribution in [3.05, 3.63) is 16.8 Å². The van der Waals surface area contributed by atoms with Crippen LogP contribution in [0.4, 0.5) is 0 Å². The molecule has 0 unspecified atom stereocenters. The van der Waals surface area contributed by atoms with Crippen LogP contribution in [0.2, 0.25) is 0 Å². The molecule has 2 rings (SSSR count). The maximum Gasteiger partial charge on any atom is 0.245 e. The maximum atomic E-state index is 7.70. The van der Waals surface area contributed by atoms with Crippen LogP contribution in [0.15, 0.2) is 0 Å². The van der Waals surface area contributed by atoms with Gasteiger partial charge in [0.15, 0.2) is 0 Å². The zero-order valence-corrected chi connectivity index (χ0v) is 11.7. The minimum absolute atomic E-state index is 0.000813. The molecule has 0 aliphatic heterocycles. The van der Waals surface area contributed by atoms with E-state index < -0.39 is 0 Å². The minimum Gasteiger partial charge on any atom is -0.473 e. The molecule has 1 aromatic rings. The standard InChI is InChI=1S/C14H22N4O/c1-9-10(2)17-18-14(12(9)13(15)16)19-11-7-5-3-4-6-8-11/h11H,3-8H2,1-2H3,(H3,15,16). The molecular weight excluding hydrogens is 240 g/mol. The van der Waals surface area contributed by atoms with Crippen molar-refractivity contribution in [2.45, 2.75) is 58.5 Å². The highest BCUT2D eigenvalue weighted by molar-refractivity contribution is 5.98. The predicted molar refractivity (Wildman–Crippen MR) is 74.6 cm³/mol. The Labute approximate surface area is 114 Å². The summed E-state index contributed by atoms with van der Waals surface area (Å²) >= 11 is 0. The van der Waals surface area contributed by atoms with Crippen LogP contribution in [0, 0.1) is 19.3 Å². The average Bonchev–Trinajstić information content (AvgIpc) is 2.62. The van der Waals surface area contributed by atoms with Gasteiger partial charge in [0.25, 0.3) is 0 Å². The van der Waals surface area contributed by atoms with E-state index in [9.17, 15) is 0 Å². The Morgan fingerprint density at radius 2 is 1.79 bits per heavy atom. The van der Waals surface area contributed by atoms with Crippen LogP contribution in [0.25, 0.3) is 0 Å². The van der Waals surface area contributed by atoms with Crippen molar-refractivity contribution >= 4 is 5.84 Å². The maximum absolute atomic E-state index is 7.70. The molecule has 19 heavy (non-hydrogen) atoms. The van der Waals surface area contributed by atoms with E-state index in [1.165, 1.54) is 25.7 Å². The molecule has 0 atom stereocenters. The summed E-state index contributed by atoms with van der Waals surface area (Å²) in [5.41, 5.74) is 7.92. The molecule has 1 aromatic heterocycles. The molecule has 1 heterocycles. The van der Waals surface area contributed by atoms with E-state index in [1.807, 2.05) is 13.8 Å². The van der Waals surface area contributed by atoms with Crippen molar-refractivity contribution in [3.8, 4) is 5.88 Å². The lowest BCUT2D eigenvalue weighted by Crippen LogP contribution is -2.22. The first-order valence-electron chi connectivity index (χ1n) is 6.94. The zero-order chi connectivity index (χ0) is 13.8. The highest BCUT2D eigenvalue weighted by Crippen LogP contribution is 2.25. The Morgan fingerprint density at radius 1 is 1.16 bits per heavy atom. The quantitative estimate of drug-likeness (QED) is 0.498. The third kappa shape index (κ3) is 3.22. The van der Waals surface area contributed by atoms with Gasteiger partial charge in [-0.15, -0.1) is 5.10 Å². The zero-order valence-electron chi connectivity index (χ0n) is 11.7. The molecule has 1 fully saturated rings. The predicted octanol–water partition coefficient (Wildman–Crippen LogP) is 2.48. The van der Waals surface area contributed by atoms with Crippen molar-refractivity contribution in [2.75, 3.05) is 0 Å². The Kier molecular flexibility index (Phi) is 4.35. The SMILES string of the molecule is Cc1nnc(OC2CCCCCC2)c(C(=N)N)c1C. The van der Waals surface area contributed by atoms with E-state index >= 15 is 0 Å². The fourth-order valence-electron chi connectivity index (χ4n) is 2.50. The molecule has 0 amide bonds. The second-order valence-corrected chi connectivity index (χ2v) is 5.24. The van der Waals surface area contributed by atoms with Crippen LogP contribution >= 0.6 is 0 Å². The first kappa shape index (κ1) is 13.8. The third-order valence-electron chi connectivity index (χ3n) is 3.77. The van der Waals surface area contributed by atoms with Gasteiger partial charge in [0, 0.05) is 0 Å². The second-order valence-electron chi connectivity index (χ2n) is 5.24. The number of aromatic nitrogens is 2. The number of nitrogens with two attached hydrogens (primary N) is 1. The van der Waals surface area contributed by atoms with Crippen molar-refractivity contribution in [1.29, 1.82) is 5.41 Å². The van der Waals surface area contributed by atoms with Gasteiger partial charge in [-0.1, -0.05) is 12.8 Å². The van der Waals surface area contributed by atoms with Crippen molar-refractivity contribution in [2.24, 2.45) is 5.73 Å². The van der Waals surface area contributed by atoms with E-state index in [-0.39, 0.29) is 11.9 Å². The summed E-state index contributed by atoms with van der Waals surface area (Å²) in [7, 11) is 0. The van der Waals surface area contributed by atoms with Crippen LogP contribution in [-0.2, 0) is 0 Å². The van der Waals surface area contributed by atoms with E-state index in [0.29, 0.717) is 11.4 Å². The molecule has 1 saturated carbocycles. The molecule has 1 aliphatic carbocycles. The van der Waals surface area contributed by atoms with Gasteiger partial charge in [0.2, 0.25) is 5.88 Å². The van der Waals surface area contributed by atoms with Gasteiger partial charge in [0.05, 0.1) is 11.3 Å². The van der Waals surface area contributed by atoms with E-state index in [1.54, 1.807) is 0 Å². The lowest BCUT2D eigenvalue weighted by atomic mass is 10.1. The van der Waals surface area contributed by atoms with Gasteiger partial charge in [0.1, 0.15) is 11.9 Å². The van der Waals surface area contributed by atoms with Gasteiger partial charge >= 0.3 is 0 Å². The molecule has 1 aliphatic rings. The van der Waals surface area contributed by atoms with Gasteiger partial charge < -0.3 is 10.5 Å². The number of aryl methyl sites for hydroxylation is 1. The highest BCUT2D eigenvalue weighted by Gasteiger charge is 2.20. The van der Waals surface area contributed by atoms with Crippen LogP contribution in [0.1, 0.15) is 55.3 Å². The normalized spacial score (nSPS) is 16.9. The third-order valence-corrected chi connectivity index (χ3v) is 3.77. The number of hydrogen-bond donors (Lipinski definition) is 2. The number of hydrogen-bond acceptors (Lipinski definition) is 4. The molecule has 0 radical (unpaired) electrons. The number of amidine groups is 1. The van der Waals surface area contributed by atoms with Crippen molar-refractivity contribution in [3.63, 3.8) is 0 Å². The summed E-state index contributed by atoms with van der Waals surface area (Å²) in [6.07, 6.45) is 7.21. The largest absolute Gasteiger partial charge is 0.473 e. The van der Waals surface area contributed by atoms with E-state index in [4.69, 9.17) is 15.9 Å². The first-order valence-corrected chi connectivity index (χ1v) is 6.94. The van der Waals surface area contributed by atoms with Crippen LogP contribution < -0.4 is 10.5 Å². The summed E-state index contributed by atoms with van der Waals surface area (Å²) in [5, 5.41) is 15.9. The smallest absolute Gasteiger partial charge is 0.245 e. The van der Waals surface area contributed by atoms with Gasteiger partial charge in [-0.05, 0) is 45.1 Å². The van der Waals surface area contributed by atoms with E-state index in [2.05, 4.69) is 10.2 Å². The average molecular weight is 262 g/mol. The minimum atomic E-state index is -0.000813. The van der Waals surface area contributed by atoms with Gasteiger partial charge in [-0.3, -0.25) is 5.41 Å². The number of nitrogens with one attached hydrogen (secondary N) is 1. The monoisotopic (exact) mass is 262 g/mol. The molecule has 104 valence electrons. The Hall–Kier alpha value is -1.65. The molecular formula is C14H22N4O. The Morgan fingerprint density at radius 3 is 2.37 bits per heavy atom. The lowest BCUT2D eigenvalue weighted by Gasteiger charge is -2.19. The van der Waals surface area contributed by atoms with Gasteiger partial charge in [-0.25, -0.2) is 0 Å². The first-order chi connectivity index (χ1) is 9.09. The fraction of sp³-hybridized carbons (Fsp3) is 0.643. The number of rotatable bonds is 3. The number of ether oxygens (including phenoxy) is 1. The molecule has 5 heteroatoms. The number of nitrogens with zero attached hydrogens (tertiary/aromatic N) is 2. The molecule has 3 N–H and O–H groups in total. The van der Waals surface area contributed by atoms with Crippen LogP contribution in [0.3, 0.4) is 0 Å². The van der Waals surface area contributed by atoms with Crippen molar-refractivity contribution < 1.29 is 4.74 Å². The van der Waals surface area contributed by atoms with Crippen LogP contribution in [-0.4, -0.2) is 22.1 Å². The molecule has 5 nitrogen and oxygen atoms in total. The molecule has 0 spiro atoms. The fourth-order valence-corrected chi connectivity index (χ4v) is 2.50. The Balaban J connectivity index is 2.24. The molecule has 0 saturated heterocycles. The molecule has 0 bridgehead atoms. The summed E-state index contributed by atoms with van der Waals surface area (Å²) < 4.78 is 5.97. The highest BCUT2D eigenvalue weighted by atomic mass is 16.5. The molecule has 0 aromatic carbocycles. The number of nitrogen functional groups attached to an aromatic ring is 1. The topological polar surface area (TPSA) is 84.9 Å². The van der Waals surface area contributed by atoms with Crippen LogP contribution in [0.5, 0.6) is 5.88 Å². The summed E-state index contributed by atoms with van der Waals surface area (Å²) in [6, 6.07) is 0. The summed E-state index contributed by atoms with van der Waals surface area (Å²) in [4.78, 5) is 0.